The molecule has 0 radical (unpaired) electrons. The van der Waals surface area contributed by atoms with Crippen molar-refractivity contribution in [2.75, 3.05) is 0 Å². The number of nitrogens with one attached hydrogen (secondary N) is 1. The first-order valence-electron chi connectivity index (χ1n) is 8.43. The van der Waals surface area contributed by atoms with Crippen LogP contribution in [0, 0.1) is 12.8 Å². The summed E-state index contributed by atoms with van der Waals surface area (Å²) in [5, 5.41) is 12.5. The number of aliphatic carboxylic acids is 1. The molecular formula is C19H27NO3. The number of hydrogen-bond donors (Lipinski definition) is 2. The van der Waals surface area contributed by atoms with Crippen LogP contribution in [0.4, 0.5) is 0 Å². The largest absolute Gasteiger partial charge is 0.481 e. The van der Waals surface area contributed by atoms with Crippen molar-refractivity contribution in [3.63, 3.8) is 0 Å². The van der Waals surface area contributed by atoms with Gasteiger partial charge in [-0.15, -0.1) is 0 Å². The number of rotatable bonds is 5. The molecule has 0 saturated heterocycles. The van der Waals surface area contributed by atoms with Gasteiger partial charge in [-0.25, -0.2) is 0 Å². The Hall–Kier alpha value is -1.84. The summed E-state index contributed by atoms with van der Waals surface area (Å²) in [5.41, 5.74) is 1.72. The van der Waals surface area contributed by atoms with Gasteiger partial charge < -0.3 is 10.4 Å². The van der Waals surface area contributed by atoms with Crippen LogP contribution in [0.15, 0.2) is 24.3 Å². The topological polar surface area (TPSA) is 66.4 Å². The molecule has 1 aromatic rings. The van der Waals surface area contributed by atoms with E-state index in [9.17, 15) is 14.7 Å². The van der Waals surface area contributed by atoms with Crippen molar-refractivity contribution >= 4 is 11.9 Å². The van der Waals surface area contributed by atoms with E-state index in [0.717, 1.165) is 19.3 Å². The van der Waals surface area contributed by atoms with E-state index in [-0.39, 0.29) is 11.8 Å². The van der Waals surface area contributed by atoms with Gasteiger partial charge in [-0.3, -0.25) is 9.59 Å². The second-order valence-electron chi connectivity index (χ2n) is 7.06. The summed E-state index contributed by atoms with van der Waals surface area (Å²) in [6.07, 6.45) is 3.64. The van der Waals surface area contributed by atoms with Gasteiger partial charge in [0.2, 0.25) is 5.91 Å². The number of carboxylic acids is 1. The fraction of sp³-hybridized carbons (Fsp3) is 0.579. The number of carboxylic acid groups (broad SMARTS) is 1. The van der Waals surface area contributed by atoms with Gasteiger partial charge in [-0.1, -0.05) is 44.0 Å². The van der Waals surface area contributed by atoms with Crippen LogP contribution in [0.5, 0.6) is 0 Å². The Balaban J connectivity index is 2.03. The molecule has 4 nitrogen and oxygen atoms in total. The lowest BCUT2D eigenvalue weighted by molar-refractivity contribution is -0.146. The molecule has 2 rings (SSSR count). The molecule has 1 aliphatic carbocycles. The predicted molar refractivity (Wildman–Crippen MR) is 90.4 cm³/mol. The van der Waals surface area contributed by atoms with Crippen molar-refractivity contribution < 1.29 is 14.7 Å². The summed E-state index contributed by atoms with van der Waals surface area (Å²) in [5.74, 6) is -1.24. The average molecular weight is 317 g/mol. The SMILES string of the molecule is Cc1ccccc1C(C)CC(=O)NC1(C)CCCCC1C(=O)O. The Kier molecular flexibility index (Phi) is 5.45. The minimum Gasteiger partial charge on any atom is -0.481 e. The van der Waals surface area contributed by atoms with Crippen molar-refractivity contribution in [2.45, 2.75) is 64.3 Å². The number of benzene rings is 1. The molecular weight excluding hydrogens is 290 g/mol. The van der Waals surface area contributed by atoms with E-state index >= 15 is 0 Å². The number of amides is 1. The summed E-state index contributed by atoms with van der Waals surface area (Å²) >= 11 is 0. The summed E-state index contributed by atoms with van der Waals surface area (Å²) in [7, 11) is 0. The highest BCUT2D eigenvalue weighted by atomic mass is 16.4. The van der Waals surface area contributed by atoms with Crippen molar-refractivity contribution in [3.8, 4) is 0 Å². The highest BCUT2D eigenvalue weighted by molar-refractivity contribution is 5.80. The summed E-state index contributed by atoms with van der Waals surface area (Å²) in [6.45, 7) is 5.97. The maximum atomic E-state index is 12.5. The minimum atomic E-state index is -0.806. The number of hydrogen-bond acceptors (Lipinski definition) is 2. The second-order valence-corrected chi connectivity index (χ2v) is 7.06. The van der Waals surface area contributed by atoms with Crippen LogP contribution in [0.3, 0.4) is 0 Å². The molecule has 1 aromatic carbocycles. The summed E-state index contributed by atoms with van der Waals surface area (Å²) in [4.78, 5) is 24.0. The van der Waals surface area contributed by atoms with Crippen LogP contribution >= 0.6 is 0 Å². The molecule has 0 aliphatic heterocycles. The molecule has 2 N–H and O–H groups in total. The third kappa shape index (κ3) is 4.12. The Morgan fingerprint density at radius 3 is 2.70 bits per heavy atom. The third-order valence-electron chi connectivity index (χ3n) is 5.14. The molecule has 1 amide bonds. The fourth-order valence-electron chi connectivity index (χ4n) is 3.78. The van der Waals surface area contributed by atoms with Crippen molar-refractivity contribution in [2.24, 2.45) is 5.92 Å². The molecule has 0 spiro atoms. The van der Waals surface area contributed by atoms with Gasteiger partial charge in [0.05, 0.1) is 11.5 Å². The molecule has 0 aromatic heterocycles. The molecule has 1 saturated carbocycles. The number of carbonyl (C=O) groups is 2. The van der Waals surface area contributed by atoms with Gasteiger partial charge >= 0.3 is 5.97 Å². The zero-order valence-electron chi connectivity index (χ0n) is 14.3. The molecule has 3 unspecified atom stereocenters. The van der Waals surface area contributed by atoms with Gasteiger partial charge in [-0.2, -0.15) is 0 Å². The Morgan fingerprint density at radius 1 is 1.35 bits per heavy atom. The van der Waals surface area contributed by atoms with Crippen LogP contribution in [0.2, 0.25) is 0 Å². The minimum absolute atomic E-state index is 0.0589. The lowest BCUT2D eigenvalue weighted by Crippen LogP contribution is -2.55. The van der Waals surface area contributed by atoms with Crippen LogP contribution in [-0.2, 0) is 9.59 Å². The Morgan fingerprint density at radius 2 is 2.04 bits per heavy atom. The molecule has 1 aliphatic rings. The quantitative estimate of drug-likeness (QED) is 0.871. The van der Waals surface area contributed by atoms with Crippen LogP contribution in [0.25, 0.3) is 0 Å². The van der Waals surface area contributed by atoms with Crippen LogP contribution < -0.4 is 5.32 Å². The average Bonchev–Trinajstić information content (AvgIpc) is 2.46. The van der Waals surface area contributed by atoms with Gasteiger partial charge in [0.1, 0.15) is 0 Å². The van der Waals surface area contributed by atoms with Crippen LogP contribution in [-0.4, -0.2) is 22.5 Å². The zero-order valence-corrected chi connectivity index (χ0v) is 14.3. The van der Waals surface area contributed by atoms with Crippen molar-refractivity contribution in [3.05, 3.63) is 35.4 Å². The molecule has 1 fully saturated rings. The van der Waals surface area contributed by atoms with E-state index < -0.39 is 17.4 Å². The van der Waals surface area contributed by atoms with Crippen LogP contribution in [0.1, 0.15) is 63.0 Å². The Labute approximate surface area is 138 Å². The number of aryl methyl sites for hydroxylation is 1. The highest BCUT2D eigenvalue weighted by Gasteiger charge is 2.42. The lowest BCUT2D eigenvalue weighted by Gasteiger charge is -2.40. The van der Waals surface area contributed by atoms with Gasteiger partial charge in [-0.05, 0) is 43.7 Å². The van der Waals surface area contributed by atoms with E-state index in [1.54, 1.807) is 0 Å². The molecule has 0 bridgehead atoms. The Bertz CT molecular complexity index is 584. The first-order valence-corrected chi connectivity index (χ1v) is 8.43. The fourth-order valence-corrected chi connectivity index (χ4v) is 3.78. The van der Waals surface area contributed by atoms with E-state index in [1.807, 2.05) is 39.0 Å². The van der Waals surface area contributed by atoms with E-state index in [0.29, 0.717) is 12.8 Å². The highest BCUT2D eigenvalue weighted by Crippen LogP contribution is 2.34. The van der Waals surface area contributed by atoms with Crippen molar-refractivity contribution in [1.82, 2.24) is 5.32 Å². The molecule has 126 valence electrons. The monoisotopic (exact) mass is 317 g/mol. The van der Waals surface area contributed by atoms with Gasteiger partial charge in [0, 0.05) is 6.42 Å². The smallest absolute Gasteiger partial charge is 0.308 e. The maximum Gasteiger partial charge on any atom is 0.308 e. The lowest BCUT2D eigenvalue weighted by atomic mass is 9.73. The first kappa shape index (κ1) is 17.5. The maximum absolute atomic E-state index is 12.5. The first-order chi connectivity index (χ1) is 10.8. The normalized spacial score (nSPS) is 25.6. The van der Waals surface area contributed by atoms with Gasteiger partial charge in [0.25, 0.3) is 0 Å². The van der Waals surface area contributed by atoms with E-state index in [4.69, 9.17) is 0 Å². The third-order valence-corrected chi connectivity index (χ3v) is 5.14. The summed E-state index contributed by atoms with van der Waals surface area (Å²) in [6, 6.07) is 8.08. The molecule has 23 heavy (non-hydrogen) atoms. The van der Waals surface area contributed by atoms with E-state index in [2.05, 4.69) is 11.4 Å². The second kappa shape index (κ2) is 7.16. The summed E-state index contributed by atoms with van der Waals surface area (Å²) < 4.78 is 0. The van der Waals surface area contributed by atoms with Gasteiger partial charge in [0.15, 0.2) is 0 Å². The zero-order chi connectivity index (χ0) is 17.0. The molecule has 4 heteroatoms. The standard InChI is InChI=1S/C19H27NO3/c1-13-8-4-5-9-15(13)14(2)12-17(21)20-19(3)11-7-6-10-16(19)18(22)23/h4-5,8-9,14,16H,6-7,10-12H2,1-3H3,(H,20,21)(H,22,23). The van der Waals surface area contributed by atoms with E-state index in [1.165, 1.54) is 11.1 Å². The molecule has 0 heterocycles. The number of carbonyl (C=O) groups excluding carboxylic acids is 1. The predicted octanol–water partition coefficient (Wildman–Crippen LogP) is 3.64. The molecule has 3 atom stereocenters. The van der Waals surface area contributed by atoms with Crippen molar-refractivity contribution in [1.29, 1.82) is 0 Å².